The molecule has 19 heteroatoms. The number of ether oxygens (including phenoxy) is 5. The van der Waals surface area contributed by atoms with Crippen molar-refractivity contribution in [2.24, 2.45) is 11.8 Å². The molecule has 2 aliphatic rings. The van der Waals surface area contributed by atoms with Crippen molar-refractivity contribution in [3.8, 4) is 0 Å². The van der Waals surface area contributed by atoms with Gasteiger partial charge in [-0.15, -0.1) is 24.0 Å². The first-order valence-electron chi connectivity index (χ1n) is 15.2. The van der Waals surface area contributed by atoms with E-state index in [4.69, 9.17) is 23.7 Å². The van der Waals surface area contributed by atoms with Gasteiger partial charge in [-0.05, 0) is 30.2 Å². The van der Waals surface area contributed by atoms with Crippen LogP contribution in [0.2, 0.25) is 0 Å². The number of unbranched alkanes of at least 4 members (excludes halogenated alkanes) is 2. The van der Waals surface area contributed by atoms with Crippen LogP contribution in [0.1, 0.15) is 58.9 Å². The van der Waals surface area contributed by atoms with Gasteiger partial charge in [-0.3, -0.25) is 0 Å². The maximum atomic E-state index is 11.2. The predicted octanol–water partition coefficient (Wildman–Crippen LogP) is -4.29. The number of aliphatic hydroxyl groups is 3. The maximum Gasteiger partial charge on any atom is 1.00 e. The summed E-state index contributed by atoms with van der Waals surface area (Å²) in [5, 5.41) is 28.8. The SMILES string of the molecule is CCCCO[C@H]1O[C@H](CS(=O)(=O)[O-])[C@@H](C)[C@H](C)[C@H]1OCc1ccccc1.CCCCO[C@H]1O[C@H](CS(=O)(=O)[O-])[C@@H](O)[C@H](O)[C@H]1O.I.[Na+].[Na+]. The minimum absolute atomic E-state index is 0. The molecule has 48 heavy (non-hydrogen) atoms. The molecule has 2 aliphatic heterocycles. The van der Waals surface area contributed by atoms with Gasteiger partial charge in [0.1, 0.15) is 30.5 Å². The van der Waals surface area contributed by atoms with E-state index in [0.717, 1.165) is 24.8 Å². The number of halogens is 1. The summed E-state index contributed by atoms with van der Waals surface area (Å²) in [4.78, 5) is 0. The minimum atomic E-state index is -4.63. The van der Waals surface area contributed by atoms with Crippen molar-refractivity contribution in [3.63, 3.8) is 0 Å². The molecule has 0 aromatic heterocycles. The molecule has 0 unspecified atom stereocenters. The van der Waals surface area contributed by atoms with Gasteiger partial charge in [0.2, 0.25) is 0 Å². The van der Waals surface area contributed by atoms with Crippen LogP contribution in [0.4, 0.5) is 0 Å². The first-order valence-corrected chi connectivity index (χ1v) is 18.3. The zero-order chi connectivity index (χ0) is 33.8. The Bertz CT molecular complexity index is 1200. The van der Waals surface area contributed by atoms with Crippen LogP contribution in [0.25, 0.3) is 0 Å². The van der Waals surface area contributed by atoms with Gasteiger partial charge in [0.05, 0.1) is 44.5 Å². The monoisotopic (exact) mass is 858 g/mol. The van der Waals surface area contributed by atoms with E-state index < -0.39 is 74.8 Å². The van der Waals surface area contributed by atoms with Crippen LogP contribution in [-0.4, -0.2) is 115 Å². The number of hydrogen-bond acceptors (Lipinski definition) is 14. The molecule has 3 N–H and O–H groups in total. The Hall–Kier alpha value is 1.45. The second kappa shape index (κ2) is 25.5. The molecule has 14 nitrogen and oxygen atoms in total. The summed E-state index contributed by atoms with van der Waals surface area (Å²) in [6, 6.07) is 9.82. The zero-order valence-corrected chi connectivity index (χ0v) is 36.5. The molecule has 2 saturated heterocycles. The molecule has 2 fully saturated rings. The molecule has 2 heterocycles. The fraction of sp³-hybridized carbons (Fsp3) is 0.793. The second-order valence-electron chi connectivity index (χ2n) is 11.4. The summed E-state index contributed by atoms with van der Waals surface area (Å²) in [7, 11) is -9.00. The van der Waals surface area contributed by atoms with E-state index in [2.05, 4.69) is 6.92 Å². The van der Waals surface area contributed by atoms with Crippen molar-refractivity contribution in [2.45, 2.75) is 109 Å². The Labute approximate surface area is 346 Å². The van der Waals surface area contributed by atoms with Crippen LogP contribution < -0.4 is 59.1 Å². The topological polar surface area (TPSA) is 221 Å². The molecule has 0 bridgehead atoms. The summed E-state index contributed by atoms with van der Waals surface area (Å²) in [5.41, 5.74) is 1.05. The van der Waals surface area contributed by atoms with Gasteiger partial charge in [0.15, 0.2) is 12.6 Å². The largest absolute Gasteiger partial charge is 1.00 e. The van der Waals surface area contributed by atoms with E-state index in [0.29, 0.717) is 19.6 Å². The van der Waals surface area contributed by atoms with Crippen LogP contribution >= 0.6 is 24.0 Å². The van der Waals surface area contributed by atoms with E-state index in [1.165, 1.54) is 0 Å². The molecule has 1 aromatic carbocycles. The number of aliphatic hydroxyl groups excluding tert-OH is 3. The van der Waals surface area contributed by atoms with Crippen LogP contribution in [0, 0.1) is 11.8 Å². The Balaban J connectivity index is 0. The standard InChI is InChI=1S/C19H30O6S.C10H20O8S.HI.2Na/c1-4-5-11-23-19-18(24-12-16-9-7-6-8-10-16)15(3)14(2)17(25-19)13-26(20,21)22;1-2-3-4-17-10-9(13)8(12)7(11)6(18-10)5-19(14,15)16;;;/h6-10,14-15,17-19H,4-5,11-13H2,1-3H3,(H,20,21,22);6-13H,2-5H2,1H3,(H,14,15,16);1H;;/q;;;2*+1/p-2/t14-,15-,17+,18+,19-;6-,7-,8+,9-,10+;;;/m01.../s1. The molecule has 0 saturated carbocycles. The molecule has 0 amide bonds. The van der Waals surface area contributed by atoms with Crippen LogP contribution in [0.3, 0.4) is 0 Å². The van der Waals surface area contributed by atoms with E-state index in [9.17, 15) is 41.3 Å². The third kappa shape index (κ3) is 18.5. The zero-order valence-electron chi connectivity index (χ0n) is 28.6. The number of rotatable bonds is 15. The van der Waals surface area contributed by atoms with Gasteiger partial charge in [0.25, 0.3) is 0 Å². The van der Waals surface area contributed by atoms with Crippen molar-refractivity contribution in [3.05, 3.63) is 35.9 Å². The van der Waals surface area contributed by atoms with Crippen molar-refractivity contribution in [2.75, 3.05) is 24.7 Å². The summed E-state index contributed by atoms with van der Waals surface area (Å²) in [5.74, 6) is -1.68. The van der Waals surface area contributed by atoms with E-state index in [-0.39, 0.29) is 108 Å². The van der Waals surface area contributed by atoms with Gasteiger partial charge in [0, 0.05) is 13.2 Å². The second-order valence-corrected chi connectivity index (χ2v) is 14.3. The average Bonchev–Trinajstić information content (AvgIpc) is 2.96. The molecular formula is C29H49INa2O14S2. The van der Waals surface area contributed by atoms with Gasteiger partial charge in [-0.2, -0.15) is 0 Å². The molecule has 0 radical (unpaired) electrons. The average molecular weight is 859 g/mol. The smallest absolute Gasteiger partial charge is 0.748 e. The van der Waals surface area contributed by atoms with Gasteiger partial charge in [-0.1, -0.05) is 70.9 Å². The Morgan fingerprint density at radius 1 is 0.708 bits per heavy atom. The molecule has 1 aromatic rings. The van der Waals surface area contributed by atoms with E-state index >= 15 is 0 Å². The summed E-state index contributed by atoms with van der Waals surface area (Å²) >= 11 is 0. The van der Waals surface area contributed by atoms with Crippen molar-refractivity contribution >= 4 is 44.2 Å². The third-order valence-electron chi connectivity index (χ3n) is 7.76. The molecular weight excluding hydrogens is 809 g/mol. The van der Waals surface area contributed by atoms with Gasteiger partial charge < -0.3 is 48.1 Å². The third-order valence-corrected chi connectivity index (χ3v) is 9.24. The van der Waals surface area contributed by atoms with Crippen molar-refractivity contribution < 1.29 is 124 Å². The summed E-state index contributed by atoms with van der Waals surface area (Å²) in [6.45, 7) is 9.04. The first-order chi connectivity index (χ1) is 21.1. The quantitative estimate of drug-likeness (QED) is 0.0659. The van der Waals surface area contributed by atoms with Crippen LogP contribution in [-0.2, 0) is 50.5 Å². The fourth-order valence-electron chi connectivity index (χ4n) is 4.86. The Kier molecular flexibility index (Phi) is 27.4. The van der Waals surface area contributed by atoms with E-state index in [1.54, 1.807) is 0 Å². The predicted molar refractivity (Wildman–Crippen MR) is 175 cm³/mol. The normalized spacial score (nSPS) is 30.4. The van der Waals surface area contributed by atoms with Crippen LogP contribution in [0.15, 0.2) is 30.3 Å². The van der Waals surface area contributed by atoms with E-state index in [1.807, 2.05) is 51.1 Å². The van der Waals surface area contributed by atoms with Crippen molar-refractivity contribution in [1.29, 1.82) is 0 Å². The fourth-order valence-corrected chi connectivity index (χ4v) is 6.33. The van der Waals surface area contributed by atoms with Gasteiger partial charge in [-0.25, -0.2) is 16.8 Å². The Morgan fingerprint density at radius 2 is 1.19 bits per heavy atom. The molecule has 0 aliphatic carbocycles. The molecule has 270 valence electrons. The molecule has 10 atom stereocenters. The summed E-state index contributed by atoms with van der Waals surface area (Å²) in [6.07, 6.45) is -5.79. The number of hydrogen-bond donors (Lipinski definition) is 3. The van der Waals surface area contributed by atoms with Crippen LogP contribution in [0.5, 0.6) is 0 Å². The first kappa shape index (κ1) is 51.6. The Morgan fingerprint density at radius 3 is 1.69 bits per heavy atom. The minimum Gasteiger partial charge on any atom is -0.748 e. The maximum absolute atomic E-state index is 11.2. The van der Waals surface area contributed by atoms with Gasteiger partial charge >= 0.3 is 59.1 Å². The number of benzene rings is 1. The molecule has 3 rings (SSSR count). The van der Waals surface area contributed by atoms with Crippen molar-refractivity contribution in [1.82, 2.24) is 0 Å². The summed E-state index contributed by atoms with van der Waals surface area (Å²) < 4.78 is 93.6. The molecule has 0 spiro atoms.